The molecule has 0 N–H and O–H groups in total. The number of nitrogens with zero attached hydrogens (tertiary/aromatic N) is 3. The Kier molecular flexibility index (Phi) is 5.64. The lowest BCUT2D eigenvalue weighted by Gasteiger charge is -2.23. The second-order valence-corrected chi connectivity index (χ2v) is 8.90. The van der Waals surface area contributed by atoms with Gasteiger partial charge in [-0.2, -0.15) is 0 Å². The van der Waals surface area contributed by atoms with Gasteiger partial charge in [-0.05, 0) is 49.2 Å². The zero-order valence-corrected chi connectivity index (χ0v) is 19.2. The lowest BCUT2D eigenvalue weighted by atomic mass is 10.1. The first kappa shape index (κ1) is 21.3. The third kappa shape index (κ3) is 3.78. The Morgan fingerprint density at radius 1 is 1.03 bits per heavy atom. The lowest BCUT2D eigenvalue weighted by molar-refractivity contribution is -0.116. The first-order valence-electron chi connectivity index (χ1n) is 10.8. The number of ether oxygens (including phenoxy) is 1. The average Bonchev–Trinajstić information content (AvgIpc) is 3.18. The molecule has 1 aromatic heterocycles. The van der Waals surface area contributed by atoms with Crippen LogP contribution in [0.1, 0.15) is 12.5 Å². The predicted molar refractivity (Wildman–Crippen MR) is 132 cm³/mol. The topological polar surface area (TPSA) is 64.4 Å². The van der Waals surface area contributed by atoms with Crippen LogP contribution in [0.25, 0.3) is 16.6 Å². The normalized spacial score (nSPS) is 15.0. The number of fused-ring (bicyclic) bond motifs is 2. The molecule has 1 aliphatic rings. The fourth-order valence-electron chi connectivity index (χ4n) is 4.38. The fraction of sp³-hybridized carbons (Fsp3) is 0.192. The number of aromatic nitrogens is 2. The summed E-state index contributed by atoms with van der Waals surface area (Å²) in [6, 6.07) is 22.7. The van der Waals surface area contributed by atoms with Gasteiger partial charge in [0.15, 0.2) is 5.16 Å². The van der Waals surface area contributed by atoms with E-state index in [0.717, 1.165) is 12.1 Å². The Morgan fingerprint density at radius 3 is 2.55 bits per heavy atom. The fourth-order valence-corrected chi connectivity index (χ4v) is 5.24. The van der Waals surface area contributed by atoms with Crippen molar-refractivity contribution in [1.82, 2.24) is 9.55 Å². The third-order valence-electron chi connectivity index (χ3n) is 5.87. The molecule has 0 bridgehead atoms. The number of para-hydroxylation sites is 4. The van der Waals surface area contributed by atoms with E-state index in [-0.39, 0.29) is 23.3 Å². The van der Waals surface area contributed by atoms with Crippen LogP contribution < -0.4 is 15.2 Å². The van der Waals surface area contributed by atoms with Gasteiger partial charge in [0.2, 0.25) is 5.91 Å². The van der Waals surface area contributed by atoms with Crippen LogP contribution in [-0.2, 0) is 11.2 Å². The summed E-state index contributed by atoms with van der Waals surface area (Å²) in [7, 11) is 1.57. The molecule has 1 amide bonds. The molecular formula is C26H23N3O3S. The minimum absolute atomic E-state index is 0.00793. The number of hydrogen-bond acceptors (Lipinski definition) is 5. The minimum Gasteiger partial charge on any atom is -0.495 e. The van der Waals surface area contributed by atoms with Crippen molar-refractivity contribution in [1.29, 1.82) is 0 Å². The Hall–Kier alpha value is -3.58. The molecule has 0 saturated heterocycles. The number of benzene rings is 3. The van der Waals surface area contributed by atoms with Gasteiger partial charge in [-0.25, -0.2) is 4.98 Å². The maximum atomic E-state index is 13.5. The number of carbonyl (C=O) groups is 1. The smallest absolute Gasteiger partial charge is 0.266 e. The van der Waals surface area contributed by atoms with Crippen molar-refractivity contribution in [2.75, 3.05) is 17.8 Å². The monoisotopic (exact) mass is 457 g/mol. The number of amides is 1. The van der Waals surface area contributed by atoms with Crippen molar-refractivity contribution in [3.05, 3.63) is 88.7 Å². The molecule has 0 aliphatic carbocycles. The number of anilines is 1. The van der Waals surface area contributed by atoms with Gasteiger partial charge in [-0.1, -0.05) is 54.2 Å². The number of rotatable bonds is 5. The quantitative estimate of drug-likeness (QED) is 0.327. The predicted octanol–water partition coefficient (Wildman–Crippen LogP) is 4.46. The van der Waals surface area contributed by atoms with Crippen LogP contribution in [0.4, 0.5) is 5.69 Å². The van der Waals surface area contributed by atoms with E-state index in [9.17, 15) is 9.59 Å². The molecular weight excluding hydrogens is 434 g/mol. The largest absolute Gasteiger partial charge is 0.495 e. The zero-order valence-electron chi connectivity index (χ0n) is 18.4. The summed E-state index contributed by atoms with van der Waals surface area (Å²) in [5, 5.41) is 0.970. The van der Waals surface area contributed by atoms with Crippen LogP contribution >= 0.6 is 11.8 Å². The van der Waals surface area contributed by atoms with Crippen molar-refractivity contribution >= 4 is 34.3 Å². The highest BCUT2D eigenvalue weighted by atomic mass is 32.2. The maximum absolute atomic E-state index is 13.5. The van der Waals surface area contributed by atoms with E-state index in [0.29, 0.717) is 27.5 Å². The highest BCUT2D eigenvalue weighted by molar-refractivity contribution is 7.99. The molecule has 1 atom stereocenters. The standard InChI is InChI=1S/C26H23N3O3S/c1-17-15-18-9-3-6-12-21(18)28(17)24(30)16-33-26-27-20-11-5-4-10-19(20)25(31)29(26)22-13-7-8-14-23(22)32-2/h3-14,17H,15-16H2,1-2H3. The summed E-state index contributed by atoms with van der Waals surface area (Å²) in [5.74, 6) is 0.719. The molecule has 166 valence electrons. The van der Waals surface area contributed by atoms with Crippen LogP contribution in [-0.4, -0.2) is 34.4 Å². The number of methoxy groups -OCH3 is 1. The van der Waals surface area contributed by atoms with Crippen molar-refractivity contribution in [2.24, 2.45) is 0 Å². The highest BCUT2D eigenvalue weighted by Gasteiger charge is 2.30. The SMILES string of the molecule is COc1ccccc1-n1c(SCC(=O)N2c3ccccc3CC2C)nc2ccccc2c1=O. The number of hydrogen-bond donors (Lipinski definition) is 0. The maximum Gasteiger partial charge on any atom is 0.266 e. The second-order valence-electron chi connectivity index (χ2n) is 7.96. The molecule has 4 aromatic rings. The minimum atomic E-state index is -0.195. The molecule has 0 spiro atoms. The van der Waals surface area contributed by atoms with E-state index in [1.165, 1.54) is 17.3 Å². The lowest BCUT2D eigenvalue weighted by Crippen LogP contribution is -2.37. The van der Waals surface area contributed by atoms with Gasteiger partial charge in [-0.3, -0.25) is 14.2 Å². The van der Waals surface area contributed by atoms with Gasteiger partial charge in [0.1, 0.15) is 5.75 Å². The van der Waals surface area contributed by atoms with E-state index in [2.05, 4.69) is 13.0 Å². The van der Waals surface area contributed by atoms with Crippen molar-refractivity contribution < 1.29 is 9.53 Å². The van der Waals surface area contributed by atoms with Gasteiger partial charge in [0.25, 0.3) is 5.56 Å². The summed E-state index contributed by atoms with van der Waals surface area (Å²) in [5.41, 5.74) is 3.14. The van der Waals surface area contributed by atoms with Gasteiger partial charge in [-0.15, -0.1) is 0 Å². The Morgan fingerprint density at radius 2 is 1.73 bits per heavy atom. The van der Waals surface area contributed by atoms with Crippen LogP contribution in [0.2, 0.25) is 0 Å². The molecule has 0 radical (unpaired) electrons. The molecule has 5 rings (SSSR count). The first-order valence-corrected chi connectivity index (χ1v) is 11.7. The Balaban J connectivity index is 1.54. The second kappa shape index (κ2) is 8.75. The number of carbonyl (C=O) groups excluding carboxylic acids is 1. The van der Waals surface area contributed by atoms with Gasteiger partial charge in [0.05, 0.1) is 29.5 Å². The molecule has 1 unspecified atom stereocenters. The van der Waals surface area contributed by atoms with Gasteiger partial charge in [0, 0.05) is 11.7 Å². The van der Waals surface area contributed by atoms with E-state index in [1.807, 2.05) is 59.5 Å². The van der Waals surface area contributed by atoms with E-state index in [1.54, 1.807) is 23.8 Å². The van der Waals surface area contributed by atoms with Crippen LogP contribution in [0, 0.1) is 0 Å². The van der Waals surface area contributed by atoms with Crippen LogP contribution in [0.5, 0.6) is 5.75 Å². The molecule has 1 aliphatic heterocycles. The summed E-state index contributed by atoms with van der Waals surface area (Å²) in [6.45, 7) is 2.06. The van der Waals surface area contributed by atoms with E-state index >= 15 is 0 Å². The summed E-state index contributed by atoms with van der Waals surface area (Å²) in [6.07, 6.45) is 0.840. The molecule has 33 heavy (non-hydrogen) atoms. The number of thioether (sulfide) groups is 1. The molecule has 7 heteroatoms. The Bertz CT molecular complexity index is 1420. The van der Waals surface area contributed by atoms with Crippen molar-refractivity contribution in [3.63, 3.8) is 0 Å². The molecule has 2 heterocycles. The zero-order chi connectivity index (χ0) is 22.9. The average molecular weight is 458 g/mol. The van der Waals surface area contributed by atoms with Gasteiger partial charge < -0.3 is 9.64 Å². The molecule has 0 fully saturated rings. The highest BCUT2D eigenvalue weighted by Crippen LogP contribution is 2.33. The molecule has 0 saturated carbocycles. The van der Waals surface area contributed by atoms with E-state index in [4.69, 9.17) is 9.72 Å². The molecule has 6 nitrogen and oxygen atoms in total. The first-order chi connectivity index (χ1) is 16.1. The van der Waals surface area contributed by atoms with Gasteiger partial charge >= 0.3 is 0 Å². The Labute approximate surface area is 195 Å². The van der Waals surface area contributed by atoms with E-state index < -0.39 is 0 Å². The van der Waals surface area contributed by atoms with Crippen molar-refractivity contribution in [2.45, 2.75) is 24.5 Å². The van der Waals surface area contributed by atoms with Crippen LogP contribution in [0.15, 0.2) is 82.7 Å². The molecule has 3 aromatic carbocycles. The van der Waals surface area contributed by atoms with Crippen molar-refractivity contribution in [3.8, 4) is 11.4 Å². The van der Waals surface area contributed by atoms with Crippen LogP contribution in [0.3, 0.4) is 0 Å². The summed E-state index contributed by atoms with van der Waals surface area (Å²) in [4.78, 5) is 33.4. The summed E-state index contributed by atoms with van der Waals surface area (Å²) >= 11 is 1.27. The summed E-state index contributed by atoms with van der Waals surface area (Å²) < 4.78 is 7.05. The third-order valence-corrected chi connectivity index (χ3v) is 6.80.